The zero-order valence-corrected chi connectivity index (χ0v) is 11.5. The van der Waals surface area contributed by atoms with Crippen LogP contribution in [0, 0.1) is 5.92 Å². The molecule has 1 atom stereocenters. The Morgan fingerprint density at radius 2 is 2.16 bits per heavy atom. The highest BCUT2D eigenvalue weighted by atomic mass is 16.3. The molecule has 1 amide bonds. The van der Waals surface area contributed by atoms with Crippen molar-refractivity contribution in [2.75, 3.05) is 33.8 Å². The standard InChI is InChI=1S/C13H20N4O2/c1-15-4-3-11-10(7-15)12-13(19)16(2)5-9(8-18)6-17(12)14-11/h9,18H,3-8H2,1-2H3. The molecule has 0 saturated carbocycles. The van der Waals surface area contributed by atoms with Gasteiger partial charge in [0.15, 0.2) is 0 Å². The number of aliphatic hydroxyl groups excluding tert-OH is 1. The van der Waals surface area contributed by atoms with Gasteiger partial charge in [0.1, 0.15) is 5.69 Å². The van der Waals surface area contributed by atoms with Crippen molar-refractivity contribution in [3.63, 3.8) is 0 Å². The molecule has 1 N–H and O–H groups in total. The Bertz CT molecular complexity index is 511. The quantitative estimate of drug-likeness (QED) is 0.747. The highest BCUT2D eigenvalue weighted by molar-refractivity contribution is 5.94. The fraction of sp³-hybridized carbons (Fsp3) is 0.692. The Morgan fingerprint density at radius 3 is 2.89 bits per heavy atom. The van der Waals surface area contributed by atoms with Crippen LogP contribution < -0.4 is 0 Å². The lowest BCUT2D eigenvalue weighted by Gasteiger charge is -2.23. The Hall–Kier alpha value is -1.40. The largest absolute Gasteiger partial charge is 0.396 e. The van der Waals surface area contributed by atoms with E-state index >= 15 is 0 Å². The lowest BCUT2D eigenvalue weighted by molar-refractivity contribution is 0.0762. The van der Waals surface area contributed by atoms with Gasteiger partial charge in [-0.2, -0.15) is 5.10 Å². The van der Waals surface area contributed by atoms with Crippen LogP contribution in [0.25, 0.3) is 0 Å². The number of hydrogen-bond donors (Lipinski definition) is 1. The zero-order chi connectivity index (χ0) is 13.6. The fourth-order valence-corrected chi connectivity index (χ4v) is 3.00. The summed E-state index contributed by atoms with van der Waals surface area (Å²) in [6, 6.07) is 0. The smallest absolute Gasteiger partial charge is 0.272 e. The van der Waals surface area contributed by atoms with Crippen LogP contribution in [-0.2, 0) is 19.5 Å². The second kappa shape index (κ2) is 4.61. The molecule has 0 aromatic carbocycles. The van der Waals surface area contributed by atoms with E-state index in [1.807, 2.05) is 4.68 Å². The fourth-order valence-electron chi connectivity index (χ4n) is 3.00. The third kappa shape index (κ3) is 2.04. The van der Waals surface area contributed by atoms with E-state index in [4.69, 9.17) is 0 Å². The summed E-state index contributed by atoms with van der Waals surface area (Å²) in [5.74, 6) is 0.0919. The van der Waals surface area contributed by atoms with Crippen LogP contribution >= 0.6 is 0 Å². The molecule has 6 nitrogen and oxygen atoms in total. The average molecular weight is 264 g/mol. The number of aliphatic hydroxyl groups is 1. The maximum absolute atomic E-state index is 12.5. The van der Waals surface area contributed by atoms with Gasteiger partial charge in [0, 0.05) is 57.7 Å². The molecule has 0 aliphatic carbocycles. The topological polar surface area (TPSA) is 61.6 Å². The molecule has 1 unspecified atom stereocenters. The summed E-state index contributed by atoms with van der Waals surface area (Å²) in [7, 11) is 3.86. The first-order chi connectivity index (χ1) is 9.10. The summed E-state index contributed by atoms with van der Waals surface area (Å²) < 4.78 is 1.82. The molecule has 104 valence electrons. The number of rotatable bonds is 1. The van der Waals surface area contributed by atoms with Crippen LogP contribution in [0.15, 0.2) is 0 Å². The van der Waals surface area contributed by atoms with Gasteiger partial charge in [-0.3, -0.25) is 9.48 Å². The van der Waals surface area contributed by atoms with Crippen molar-refractivity contribution in [3.05, 3.63) is 17.0 Å². The van der Waals surface area contributed by atoms with Gasteiger partial charge in [-0.25, -0.2) is 0 Å². The van der Waals surface area contributed by atoms with E-state index in [-0.39, 0.29) is 18.4 Å². The molecule has 0 bridgehead atoms. The van der Waals surface area contributed by atoms with Crippen molar-refractivity contribution >= 4 is 5.91 Å². The van der Waals surface area contributed by atoms with Crippen molar-refractivity contribution in [1.82, 2.24) is 19.6 Å². The Balaban J connectivity index is 2.06. The van der Waals surface area contributed by atoms with Crippen molar-refractivity contribution in [2.24, 2.45) is 5.92 Å². The molecule has 2 aliphatic rings. The minimum atomic E-state index is 0.0278. The van der Waals surface area contributed by atoms with E-state index in [0.29, 0.717) is 13.1 Å². The first-order valence-electron chi connectivity index (χ1n) is 6.73. The van der Waals surface area contributed by atoms with Crippen LogP contribution in [0.1, 0.15) is 21.7 Å². The average Bonchev–Trinajstić information content (AvgIpc) is 2.68. The van der Waals surface area contributed by atoms with Gasteiger partial charge in [0.2, 0.25) is 0 Å². The van der Waals surface area contributed by atoms with Gasteiger partial charge < -0.3 is 14.9 Å². The number of likely N-dealkylation sites (N-methyl/N-ethyl adjacent to an activating group) is 1. The van der Waals surface area contributed by atoms with E-state index in [1.165, 1.54) is 0 Å². The molecule has 3 rings (SSSR count). The van der Waals surface area contributed by atoms with E-state index in [9.17, 15) is 9.90 Å². The van der Waals surface area contributed by atoms with Gasteiger partial charge in [-0.15, -0.1) is 0 Å². The van der Waals surface area contributed by atoms with Crippen LogP contribution in [0.2, 0.25) is 0 Å². The van der Waals surface area contributed by atoms with Crippen LogP contribution in [-0.4, -0.2) is 64.4 Å². The lowest BCUT2D eigenvalue weighted by atomic mass is 10.1. The van der Waals surface area contributed by atoms with E-state index in [2.05, 4.69) is 17.0 Å². The number of aromatic nitrogens is 2. The SMILES string of the molecule is CN1CCc2nn3c(c2C1)C(=O)N(C)CC(CO)C3. The molecular formula is C13H20N4O2. The van der Waals surface area contributed by atoms with Crippen molar-refractivity contribution in [1.29, 1.82) is 0 Å². The number of carbonyl (C=O) groups excluding carboxylic acids is 1. The molecule has 0 saturated heterocycles. The molecule has 2 aliphatic heterocycles. The molecule has 0 spiro atoms. The lowest BCUT2D eigenvalue weighted by Crippen LogP contribution is -2.33. The third-order valence-corrected chi connectivity index (χ3v) is 4.06. The number of fused-ring (bicyclic) bond motifs is 3. The first-order valence-corrected chi connectivity index (χ1v) is 6.73. The molecule has 0 fully saturated rings. The Morgan fingerprint density at radius 1 is 1.37 bits per heavy atom. The van der Waals surface area contributed by atoms with Crippen molar-refractivity contribution < 1.29 is 9.90 Å². The van der Waals surface area contributed by atoms with Crippen LogP contribution in [0.4, 0.5) is 0 Å². The third-order valence-electron chi connectivity index (χ3n) is 4.06. The van der Waals surface area contributed by atoms with Crippen molar-refractivity contribution in [2.45, 2.75) is 19.5 Å². The molecule has 1 aromatic heterocycles. The second-order valence-corrected chi connectivity index (χ2v) is 5.68. The van der Waals surface area contributed by atoms with Gasteiger partial charge in [0.05, 0.1) is 5.69 Å². The van der Waals surface area contributed by atoms with Crippen LogP contribution in [0.5, 0.6) is 0 Å². The van der Waals surface area contributed by atoms with Gasteiger partial charge in [-0.1, -0.05) is 0 Å². The summed E-state index contributed by atoms with van der Waals surface area (Å²) in [6.45, 7) is 3.06. The summed E-state index contributed by atoms with van der Waals surface area (Å²) >= 11 is 0. The minimum Gasteiger partial charge on any atom is -0.396 e. The molecule has 1 aromatic rings. The van der Waals surface area contributed by atoms with E-state index in [1.54, 1.807) is 11.9 Å². The maximum atomic E-state index is 12.5. The van der Waals surface area contributed by atoms with Gasteiger partial charge in [-0.05, 0) is 7.05 Å². The highest BCUT2D eigenvalue weighted by Gasteiger charge is 2.32. The predicted molar refractivity (Wildman–Crippen MR) is 69.8 cm³/mol. The zero-order valence-electron chi connectivity index (χ0n) is 11.5. The molecule has 3 heterocycles. The Kier molecular flexibility index (Phi) is 3.06. The van der Waals surface area contributed by atoms with Gasteiger partial charge >= 0.3 is 0 Å². The molecule has 6 heteroatoms. The number of hydrogen-bond acceptors (Lipinski definition) is 4. The summed E-state index contributed by atoms with van der Waals surface area (Å²) in [4.78, 5) is 16.4. The summed E-state index contributed by atoms with van der Waals surface area (Å²) in [5.41, 5.74) is 2.85. The second-order valence-electron chi connectivity index (χ2n) is 5.68. The van der Waals surface area contributed by atoms with E-state index < -0.39 is 0 Å². The Labute approximate surface area is 112 Å². The minimum absolute atomic E-state index is 0.0278. The summed E-state index contributed by atoms with van der Waals surface area (Å²) in [5, 5.41) is 14.0. The highest BCUT2D eigenvalue weighted by Crippen LogP contribution is 2.25. The van der Waals surface area contributed by atoms with Gasteiger partial charge in [0.25, 0.3) is 5.91 Å². The molecular weight excluding hydrogens is 244 g/mol. The normalized spacial score (nSPS) is 24.1. The van der Waals surface area contributed by atoms with E-state index in [0.717, 1.165) is 36.5 Å². The number of nitrogens with zero attached hydrogens (tertiary/aromatic N) is 4. The predicted octanol–water partition coefficient (Wildman–Crippen LogP) is -0.435. The molecule has 0 radical (unpaired) electrons. The molecule has 19 heavy (non-hydrogen) atoms. The summed E-state index contributed by atoms with van der Waals surface area (Å²) in [6.07, 6.45) is 0.895. The van der Waals surface area contributed by atoms with Crippen LogP contribution in [0.3, 0.4) is 0 Å². The monoisotopic (exact) mass is 264 g/mol. The number of carbonyl (C=O) groups is 1. The number of amides is 1. The first kappa shape index (κ1) is 12.6. The maximum Gasteiger partial charge on any atom is 0.272 e. The van der Waals surface area contributed by atoms with Crippen molar-refractivity contribution in [3.8, 4) is 0 Å².